The third kappa shape index (κ3) is 28.5. The van der Waals surface area contributed by atoms with E-state index in [0.717, 1.165) is 83.7 Å². The fourth-order valence-electron chi connectivity index (χ4n) is 7.24. The van der Waals surface area contributed by atoms with E-state index in [9.17, 15) is 14.4 Å². The van der Waals surface area contributed by atoms with Crippen LogP contribution in [0.25, 0.3) is 0 Å². The topological polar surface area (TPSA) is 82.1 Å². The molecule has 0 radical (unpaired) electrons. The van der Waals surface area contributed by atoms with Crippen molar-refractivity contribution in [3.63, 3.8) is 0 Å². The summed E-state index contributed by atoms with van der Waals surface area (Å²) in [6.45, 7) is 9.43. The minimum absolute atomic E-state index is 0.0456. The molecule has 0 aromatic heterocycles. The van der Waals surface area contributed by atoms with Crippen LogP contribution in [0.15, 0.2) is 0 Å². The zero-order valence-electron chi connectivity index (χ0n) is 34.0. The molecule has 1 saturated heterocycles. The summed E-state index contributed by atoms with van der Waals surface area (Å²) in [5, 5.41) is 0. The van der Waals surface area contributed by atoms with Gasteiger partial charge in [-0.2, -0.15) is 0 Å². The fourth-order valence-corrected chi connectivity index (χ4v) is 7.24. The summed E-state index contributed by atoms with van der Waals surface area (Å²) in [6.07, 6.45) is 35.2. The normalized spacial score (nSPS) is 14.7. The van der Waals surface area contributed by atoms with Crippen LogP contribution in [0.5, 0.6) is 0 Å². The van der Waals surface area contributed by atoms with E-state index in [1.165, 1.54) is 109 Å². The highest BCUT2D eigenvalue weighted by molar-refractivity contribution is 5.76. The predicted octanol–water partition coefficient (Wildman–Crippen LogP) is 12.2. The molecule has 1 aliphatic rings. The lowest BCUT2D eigenvalue weighted by Crippen LogP contribution is -2.38. The van der Waals surface area contributed by atoms with Crippen LogP contribution in [0, 0.1) is 0 Å². The Morgan fingerprint density at radius 3 is 1.57 bits per heavy atom. The first-order chi connectivity index (χ1) is 25.0. The van der Waals surface area contributed by atoms with Crippen molar-refractivity contribution < 1.29 is 28.6 Å². The number of ether oxygens (including phenoxy) is 3. The average Bonchev–Trinajstić information content (AvgIpc) is 3.60. The largest absolute Gasteiger partial charge is 0.466 e. The summed E-state index contributed by atoms with van der Waals surface area (Å²) in [6, 6.07) is -0.166. The van der Waals surface area contributed by atoms with Crippen molar-refractivity contribution >= 4 is 17.9 Å². The number of carbonyl (C=O) groups excluding carboxylic acids is 3. The first kappa shape index (κ1) is 47.4. The van der Waals surface area contributed by atoms with Crippen molar-refractivity contribution in [1.29, 1.82) is 0 Å². The standard InChI is InChI=1S/C44H83NO6/c1-4-7-10-13-16-17-18-21-28-38-49-42(46)34-25-22-27-36-45-37-30-33-41(45)44(48)50-39-29-26-35-43(47)51-40(31-23-19-14-11-8-5-2)32-24-20-15-12-9-6-3/h40-41H,4-39H2,1-3H3/t41-/m0/s1. The maximum Gasteiger partial charge on any atom is 0.323 e. The highest BCUT2D eigenvalue weighted by Gasteiger charge is 2.31. The molecule has 1 atom stereocenters. The second-order valence-electron chi connectivity index (χ2n) is 15.4. The molecule has 7 nitrogen and oxygen atoms in total. The Labute approximate surface area is 315 Å². The van der Waals surface area contributed by atoms with Gasteiger partial charge in [0, 0.05) is 12.8 Å². The van der Waals surface area contributed by atoms with Gasteiger partial charge in [0.25, 0.3) is 0 Å². The first-order valence-electron chi connectivity index (χ1n) is 22.3. The number of esters is 3. The van der Waals surface area contributed by atoms with Crippen LogP contribution in [-0.2, 0) is 28.6 Å². The summed E-state index contributed by atoms with van der Waals surface area (Å²) in [4.78, 5) is 39.9. The Morgan fingerprint density at radius 1 is 0.529 bits per heavy atom. The lowest BCUT2D eigenvalue weighted by molar-refractivity contribution is -0.150. The van der Waals surface area contributed by atoms with Gasteiger partial charge in [0.15, 0.2) is 0 Å². The fraction of sp³-hybridized carbons (Fsp3) is 0.932. The summed E-state index contributed by atoms with van der Waals surface area (Å²) < 4.78 is 17.1. The Balaban J connectivity index is 2.15. The number of unbranched alkanes of at least 4 members (excludes halogenated alkanes) is 21. The number of hydrogen-bond donors (Lipinski definition) is 0. The minimum atomic E-state index is -0.166. The smallest absolute Gasteiger partial charge is 0.323 e. The van der Waals surface area contributed by atoms with Gasteiger partial charge in [-0.1, -0.05) is 143 Å². The molecular weight excluding hydrogens is 638 g/mol. The number of likely N-dealkylation sites (tertiary alicyclic amines) is 1. The van der Waals surface area contributed by atoms with Crippen LogP contribution in [0.3, 0.4) is 0 Å². The zero-order valence-corrected chi connectivity index (χ0v) is 34.0. The van der Waals surface area contributed by atoms with Gasteiger partial charge in [0.05, 0.1) is 13.2 Å². The van der Waals surface area contributed by atoms with Crippen molar-refractivity contribution in [1.82, 2.24) is 4.90 Å². The van der Waals surface area contributed by atoms with Gasteiger partial charge in [-0.3, -0.25) is 19.3 Å². The molecule has 0 bridgehead atoms. The molecule has 0 saturated carbocycles. The van der Waals surface area contributed by atoms with Crippen LogP contribution < -0.4 is 0 Å². The van der Waals surface area contributed by atoms with Crippen molar-refractivity contribution in [3.8, 4) is 0 Å². The monoisotopic (exact) mass is 722 g/mol. The quantitative estimate of drug-likeness (QED) is 0.0359. The van der Waals surface area contributed by atoms with E-state index < -0.39 is 0 Å². The molecule has 1 fully saturated rings. The molecule has 0 unspecified atom stereocenters. The van der Waals surface area contributed by atoms with Gasteiger partial charge in [-0.25, -0.2) is 0 Å². The van der Waals surface area contributed by atoms with Gasteiger partial charge in [0.2, 0.25) is 0 Å². The third-order valence-corrected chi connectivity index (χ3v) is 10.5. The lowest BCUT2D eigenvalue weighted by Gasteiger charge is -2.22. The molecule has 300 valence electrons. The molecule has 1 rings (SSSR count). The number of carbonyl (C=O) groups is 3. The molecule has 51 heavy (non-hydrogen) atoms. The second kappa shape index (κ2) is 35.4. The Bertz CT molecular complexity index is 803. The summed E-state index contributed by atoms with van der Waals surface area (Å²) in [5.41, 5.74) is 0. The van der Waals surface area contributed by atoms with Crippen LogP contribution in [0.4, 0.5) is 0 Å². The SMILES string of the molecule is CCCCCCCCCCCOC(=O)CCCCCN1CCC[C@H]1C(=O)OCCCCC(=O)OC(CCCCCCCC)CCCCCCCC. The molecule has 0 amide bonds. The molecule has 0 spiro atoms. The van der Waals surface area contributed by atoms with Crippen LogP contribution in [-0.4, -0.2) is 61.3 Å². The summed E-state index contributed by atoms with van der Waals surface area (Å²) >= 11 is 0. The molecule has 0 aromatic carbocycles. The molecule has 1 aliphatic heterocycles. The Morgan fingerprint density at radius 2 is 0.980 bits per heavy atom. The molecular formula is C44H83NO6. The number of hydrogen-bond acceptors (Lipinski definition) is 7. The summed E-state index contributed by atoms with van der Waals surface area (Å²) in [7, 11) is 0. The molecule has 1 heterocycles. The Kier molecular flexibility index (Phi) is 32.9. The Hall–Kier alpha value is -1.63. The molecule has 0 N–H and O–H groups in total. The molecule has 7 heteroatoms. The third-order valence-electron chi connectivity index (χ3n) is 10.5. The summed E-state index contributed by atoms with van der Waals surface area (Å²) in [5.74, 6) is -0.308. The van der Waals surface area contributed by atoms with Crippen molar-refractivity contribution in [2.75, 3.05) is 26.3 Å². The van der Waals surface area contributed by atoms with Gasteiger partial charge in [-0.15, -0.1) is 0 Å². The van der Waals surface area contributed by atoms with Gasteiger partial charge < -0.3 is 14.2 Å². The average molecular weight is 722 g/mol. The van der Waals surface area contributed by atoms with E-state index in [2.05, 4.69) is 25.7 Å². The van der Waals surface area contributed by atoms with E-state index in [1.807, 2.05) is 0 Å². The highest BCUT2D eigenvalue weighted by Crippen LogP contribution is 2.21. The first-order valence-corrected chi connectivity index (χ1v) is 22.3. The number of nitrogens with zero attached hydrogens (tertiary/aromatic N) is 1. The van der Waals surface area contributed by atoms with Crippen molar-refractivity contribution in [2.45, 2.75) is 238 Å². The zero-order chi connectivity index (χ0) is 37.0. The van der Waals surface area contributed by atoms with E-state index in [-0.39, 0.29) is 30.1 Å². The lowest BCUT2D eigenvalue weighted by atomic mass is 10.0. The molecule has 0 aliphatic carbocycles. The van der Waals surface area contributed by atoms with Gasteiger partial charge in [0.1, 0.15) is 12.1 Å². The number of rotatable bonds is 37. The maximum absolute atomic E-state index is 12.9. The van der Waals surface area contributed by atoms with Crippen LogP contribution in [0.1, 0.15) is 226 Å². The van der Waals surface area contributed by atoms with Crippen molar-refractivity contribution in [2.24, 2.45) is 0 Å². The van der Waals surface area contributed by atoms with Gasteiger partial charge >= 0.3 is 17.9 Å². The van der Waals surface area contributed by atoms with Crippen LogP contribution >= 0.6 is 0 Å². The van der Waals surface area contributed by atoms with E-state index >= 15 is 0 Å². The van der Waals surface area contributed by atoms with E-state index in [0.29, 0.717) is 38.9 Å². The van der Waals surface area contributed by atoms with E-state index in [1.54, 1.807) is 0 Å². The van der Waals surface area contributed by atoms with E-state index in [4.69, 9.17) is 14.2 Å². The maximum atomic E-state index is 12.9. The highest BCUT2D eigenvalue weighted by atomic mass is 16.5. The second-order valence-corrected chi connectivity index (χ2v) is 15.4. The van der Waals surface area contributed by atoms with Gasteiger partial charge in [-0.05, 0) is 83.7 Å². The predicted molar refractivity (Wildman–Crippen MR) is 212 cm³/mol. The molecule has 0 aromatic rings. The van der Waals surface area contributed by atoms with Crippen LogP contribution in [0.2, 0.25) is 0 Å². The minimum Gasteiger partial charge on any atom is -0.466 e. The van der Waals surface area contributed by atoms with Crippen molar-refractivity contribution in [3.05, 3.63) is 0 Å².